The molecule has 3 heterocycles. The Hall–Kier alpha value is -3.90. The van der Waals surface area contributed by atoms with Crippen LogP contribution >= 0.6 is 0 Å². The monoisotopic (exact) mass is 679 g/mol. The summed E-state index contributed by atoms with van der Waals surface area (Å²) in [7, 11) is 0. The van der Waals surface area contributed by atoms with Gasteiger partial charge >= 0.3 is 0 Å². The molecule has 4 N–H and O–H groups in total. The van der Waals surface area contributed by atoms with E-state index in [-0.39, 0.29) is 35.5 Å². The van der Waals surface area contributed by atoms with Crippen LogP contribution in [0.15, 0.2) is 18.6 Å². The lowest BCUT2D eigenvalue weighted by atomic mass is 9.73. The summed E-state index contributed by atoms with van der Waals surface area (Å²) in [6.45, 7) is 7.50. The van der Waals surface area contributed by atoms with Crippen molar-refractivity contribution in [3.63, 3.8) is 0 Å². The zero-order valence-electron chi connectivity index (χ0n) is 29.3. The number of fused-ring (bicyclic) bond motifs is 3. The van der Waals surface area contributed by atoms with Crippen LogP contribution in [0.4, 0.5) is 0 Å². The Balaban J connectivity index is 1.36. The first kappa shape index (κ1) is 36.4. The number of carbonyl (C=O) groups is 6. The lowest BCUT2D eigenvalue weighted by molar-refractivity contribution is -0.158. The summed E-state index contributed by atoms with van der Waals surface area (Å²) in [5.41, 5.74) is -0.638. The van der Waals surface area contributed by atoms with Gasteiger partial charge in [0.1, 0.15) is 23.8 Å². The number of carbonyl (C=O) groups excluding carboxylic acids is 6. The number of Topliss-reactive ketones (excluding diaryl/α,β-unsaturated/α-hetero) is 1. The minimum Gasteiger partial charge on any atom is -0.347 e. The number of nitrogens with zero attached hydrogens (tertiary/aromatic N) is 3. The topological polar surface area (TPSA) is 180 Å². The molecule has 13 heteroatoms. The number of piperidine rings is 2. The van der Waals surface area contributed by atoms with E-state index >= 15 is 0 Å². The van der Waals surface area contributed by atoms with Gasteiger partial charge in [-0.15, -0.1) is 0 Å². The van der Waals surface area contributed by atoms with Crippen LogP contribution in [0.3, 0.4) is 0 Å². The summed E-state index contributed by atoms with van der Waals surface area (Å²) in [4.78, 5) is 91.6. The van der Waals surface area contributed by atoms with Gasteiger partial charge in [0.15, 0.2) is 0 Å². The van der Waals surface area contributed by atoms with E-state index in [0.29, 0.717) is 12.8 Å². The summed E-state index contributed by atoms with van der Waals surface area (Å²) in [6.07, 6.45) is 14.3. The van der Waals surface area contributed by atoms with E-state index in [0.717, 1.165) is 70.6 Å². The molecule has 0 radical (unpaired) electrons. The summed E-state index contributed by atoms with van der Waals surface area (Å²) in [6, 6.07) is -3.87. The molecule has 49 heavy (non-hydrogen) atoms. The Morgan fingerprint density at radius 3 is 2.16 bits per heavy atom. The lowest BCUT2D eigenvalue weighted by Gasteiger charge is -2.52. The van der Waals surface area contributed by atoms with E-state index in [2.05, 4.69) is 31.2 Å². The highest BCUT2D eigenvalue weighted by Gasteiger charge is 2.51. The Morgan fingerprint density at radius 2 is 1.57 bits per heavy atom. The van der Waals surface area contributed by atoms with Gasteiger partial charge < -0.3 is 26.2 Å². The van der Waals surface area contributed by atoms with Crippen LogP contribution in [-0.2, 0) is 24.0 Å². The molecule has 5 amide bonds. The molecule has 5 aliphatic rings. The number of hydrogen-bond acceptors (Lipinski definition) is 8. The third-order valence-corrected chi connectivity index (χ3v) is 10.6. The molecule has 2 aliphatic heterocycles. The van der Waals surface area contributed by atoms with Crippen molar-refractivity contribution in [2.75, 3.05) is 0 Å². The average Bonchev–Trinajstić information content (AvgIpc) is 3.92. The maximum atomic E-state index is 14.7. The predicted molar refractivity (Wildman–Crippen MR) is 181 cm³/mol. The van der Waals surface area contributed by atoms with Gasteiger partial charge in [-0.25, -0.2) is 4.98 Å². The lowest BCUT2D eigenvalue weighted by Crippen LogP contribution is -2.68. The molecule has 4 atom stereocenters. The maximum Gasteiger partial charge on any atom is 0.289 e. The van der Waals surface area contributed by atoms with Gasteiger partial charge in [0.25, 0.3) is 11.8 Å². The molecule has 0 spiro atoms. The highest BCUT2D eigenvalue weighted by atomic mass is 16.2. The second-order valence-electron chi connectivity index (χ2n) is 15.5. The first-order valence-electron chi connectivity index (χ1n) is 18.2. The number of amides is 5. The van der Waals surface area contributed by atoms with Crippen LogP contribution in [0.2, 0.25) is 0 Å². The number of aromatic nitrogens is 2. The van der Waals surface area contributed by atoms with E-state index in [9.17, 15) is 28.8 Å². The van der Waals surface area contributed by atoms with Crippen molar-refractivity contribution in [1.29, 1.82) is 0 Å². The van der Waals surface area contributed by atoms with Gasteiger partial charge in [0, 0.05) is 24.5 Å². The van der Waals surface area contributed by atoms with Crippen LogP contribution in [0, 0.1) is 17.3 Å². The zero-order valence-corrected chi connectivity index (χ0v) is 29.3. The number of ketones is 1. The van der Waals surface area contributed by atoms with Gasteiger partial charge in [-0.05, 0) is 75.0 Å². The van der Waals surface area contributed by atoms with Crippen molar-refractivity contribution in [2.24, 2.45) is 17.3 Å². The summed E-state index contributed by atoms with van der Waals surface area (Å²) >= 11 is 0. The fourth-order valence-corrected chi connectivity index (χ4v) is 7.79. The van der Waals surface area contributed by atoms with E-state index < -0.39 is 59.0 Å². The summed E-state index contributed by atoms with van der Waals surface area (Å²) in [5.74, 6) is -3.33. The zero-order chi connectivity index (χ0) is 35.3. The van der Waals surface area contributed by atoms with Crippen LogP contribution < -0.4 is 21.3 Å². The second kappa shape index (κ2) is 15.8. The van der Waals surface area contributed by atoms with Gasteiger partial charge in [-0.2, -0.15) is 0 Å². The first-order valence-corrected chi connectivity index (χ1v) is 18.2. The Bertz CT molecular complexity index is 1380. The molecule has 2 bridgehead atoms. The smallest absolute Gasteiger partial charge is 0.289 e. The van der Waals surface area contributed by atoms with Gasteiger partial charge in [0.2, 0.25) is 23.5 Å². The van der Waals surface area contributed by atoms with Crippen LogP contribution in [0.5, 0.6) is 0 Å². The first-order chi connectivity index (χ1) is 23.4. The van der Waals surface area contributed by atoms with Crippen molar-refractivity contribution >= 4 is 35.3 Å². The van der Waals surface area contributed by atoms with E-state index in [4.69, 9.17) is 0 Å². The second-order valence-corrected chi connectivity index (χ2v) is 15.5. The Labute approximate surface area is 288 Å². The minimum absolute atomic E-state index is 0.0132. The molecule has 2 saturated heterocycles. The van der Waals surface area contributed by atoms with Crippen LogP contribution in [0.1, 0.15) is 122 Å². The third-order valence-electron chi connectivity index (χ3n) is 10.6. The number of nitrogens with one attached hydrogen (secondary N) is 4. The average molecular weight is 680 g/mol. The fraction of sp³-hybridized carbons (Fsp3) is 0.722. The molecule has 3 aliphatic carbocycles. The highest BCUT2D eigenvalue weighted by molar-refractivity contribution is 6.38. The molecule has 4 unspecified atom stereocenters. The SMILES string of the molecule is CCCC(NC(=O)C1C2CCC(CC2)N1C(=O)C(NC(=O)C(NC(=O)c1cnccn1)C1CCCCC1)C(C)(C)C)C(=O)C(=O)NC1CC1. The Morgan fingerprint density at radius 1 is 0.878 bits per heavy atom. The predicted octanol–water partition coefficient (Wildman–Crippen LogP) is 2.59. The minimum atomic E-state index is -0.994. The van der Waals surface area contributed by atoms with Crippen molar-refractivity contribution in [1.82, 2.24) is 36.1 Å². The molecule has 6 rings (SSSR count). The Kier molecular flexibility index (Phi) is 11.7. The van der Waals surface area contributed by atoms with E-state index in [1.807, 2.05) is 27.7 Å². The molecule has 1 aromatic rings. The van der Waals surface area contributed by atoms with Crippen molar-refractivity contribution < 1.29 is 28.8 Å². The molecule has 5 fully saturated rings. The third kappa shape index (κ3) is 8.83. The van der Waals surface area contributed by atoms with Crippen LogP contribution in [-0.4, -0.2) is 86.4 Å². The molecule has 0 aromatic carbocycles. The van der Waals surface area contributed by atoms with Gasteiger partial charge in [0.05, 0.1) is 12.2 Å². The van der Waals surface area contributed by atoms with E-state index in [1.54, 1.807) is 4.90 Å². The maximum absolute atomic E-state index is 14.7. The van der Waals surface area contributed by atoms with Gasteiger partial charge in [-0.3, -0.25) is 33.8 Å². The normalized spacial score (nSPS) is 24.2. The number of rotatable bonds is 13. The number of hydrogen-bond donors (Lipinski definition) is 4. The van der Waals surface area contributed by atoms with Crippen LogP contribution in [0.25, 0.3) is 0 Å². The standard InChI is InChI=1S/C36H53N7O6/c1-5-9-25(29(44)34(48)39-23-14-15-23)40-33(47)28-22-12-16-24(17-13-22)43(28)35(49)30(36(2,3)4)42-32(46)27(21-10-7-6-8-11-21)41-31(45)26-20-37-18-19-38-26/h18-25,27-28,30H,5-17H2,1-4H3,(H,39,48)(H,40,47)(H,41,45)(H,42,46). The van der Waals surface area contributed by atoms with E-state index in [1.165, 1.54) is 18.6 Å². The summed E-state index contributed by atoms with van der Waals surface area (Å²) < 4.78 is 0. The highest BCUT2D eigenvalue weighted by Crippen LogP contribution is 2.41. The van der Waals surface area contributed by atoms with Gasteiger partial charge in [-0.1, -0.05) is 53.4 Å². The van der Waals surface area contributed by atoms with Crippen molar-refractivity contribution in [2.45, 2.75) is 147 Å². The summed E-state index contributed by atoms with van der Waals surface area (Å²) in [5, 5.41) is 11.5. The molecule has 1 aromatic heterocycles. The molecular formula is C36H53N7O6. The molecular weight excluding hydrogens is 626 g/mol. The van der Waals surface area contributed by atoms with Crippen molar-refractivity contribution in [3.8, 4) is 0 Å². The fourth-order valence-electron chi connectivity index (χ4n) is 7.79. The quantitative estimate of drug-likeness (QED) is 0.230. The largest absolute Gasteiger partial charge is 0.347 e. The molecule has 13 nitrogen and oxygen atoms in total. The molecule has 268 valence electrons. The molecule has 3 saturated carbocycles. The van der Waals surface area contributed by atoms with Crippen molar-refractivity contribution in [3.05, 3.63) is 24.3 Å².